The van der Waals surface area contributed by atoms with E-state index in [1.165, 1.54) is 4.90 Å². The molecule has 1 saturated heterocycles. The van der Waals surface area contributed by atoms with E-state index >= 15 is 0 Å². The molecule has 0 spiro atoms. The zero-order valence-electron chi connectivity index (χ0n) is 14.8. The van der Waals surface area contributed by atoms with Crippen LogP contribution in [0.4, 0.5) is 0 Å². The highest BCUT2D eigenvalue weighted by molar-refractivity contribution is 6.46. The average molecular weight is 339 g/mol. The first-order chi connectivity index (χ1) is 11.9. The van der Waals surface area contributed by atoms with E-state index in [9.17, 15) is 14.7 Å². The van der Waals surface area contributed by atoms with Gasteiger partial charge in [0.05, 0.1) is 22.9 Å². The molecule has 0 radical (unpaired) electrons. The van der Waals surface area contributed by atoms with Gasteiger partial charge in [-0.25, -0.2) is 0 Å². The fourth-order valence-corrected chi connectivity index (χ4v) is 3.44. The summed E-state index contributed by atoms with van der Waals surface area (Å²) in [5, 5.41) is 15.3. The minimum absolute atomic E-state index is 0.122. The highest BCUT2D eigenvalue weighted by atomic mass is 16.3. The number of likely N-dealkylation sites (tertiary alicyclic amines) is 1. The van der Waals surface area contributed by atoms with Gasteiger partial charge in [0.2, 0.25) is 0 Å². The number of aromatic nitrogens is 2. The fraction of sp³-hybridized carbons (Fsp3) is 0.316. The Hall–Kier alpha value is -2.89. The molecule has 1 atom stereocenters. The van der Waals surface area contributed by atoms with Gasteiger partial charge < -0.3 is 10.0 Å². The van der Waals surface area contributed by atoms with Crippen molar-refractivity contribution in [3.63, 3.8) is 0 Å². The van der Waals surface area contributed by atoms with Gasteiger partial charge in [-0.3, -0.25) is 14.3 Å². The predicted molar refractivity (Wildman–Crippen MR) is 93.8 cm³/mol. The molecular formula is C19H21N3O3. The van der Waals surface area contributed by atoms with Crippen LogP contribution >= 0.6 is 0 Å². The number of hydrogen-bond donors (Lipinski definition) is 1. The summed E-state index contributed by atoms with van der Waals surface area (Å²) < 4.78 is 1.65. The van der Waals surface area contributed by atoms with E-state index in [0.29, 0.717) is 17.8 Å². The summed E-state index contributed by atoms with van der Waals surface area (Å²) in [5.74, 6) is -1.40. The van der Waals surface area contributed by atoms with Crippen LogP contribution in [0.3, 0.4) is 0 Å². The van der Waals surface area contributed by atoms with Crippen molar-refractivity contribution in [2.24, 2.45) is 7.05 Å². The van der Waals surface area contributed by atoms with E-state index in [4.69, 9.17) is 0 Å². The van der Waals surface area contributed by atoms with Crippen molar-refractivity contribution < 1.29 is 14.7 Å². The smallest absolute Gasteiger partial charge is 0.295 e. The largest absolute Gasteiger partial charge is 0.507 e. The normalized spacial score (nSPS) is 19.7. The van der Waals surface area contributed by atoms with Crippen molar-refractivity contribution in [3.8, 4) is 0 Å². The molecule has 1 aliphatic rings. The molecule has 1 aromatic heterocycles. The lowest BCUT2D eigenvalue weighted by molar-refractivity contribution is -0.139. The van der Waals surface area contributed by atoms with E-state index in [1.54, 1.807) is 18.7 Å². The first-order valence-corrected chi connectivity index (χ1v) is 8.22. The molecule has 2 heterocycles. The molecule has 1 N–H and O–H groups in total. The number of rotatable bonds is 3. The third-order valence-corrected chi connectivity index (χ3v) is 4.74. The van der Waals surface area contributed by atoms with Gasteiger partial charge in [0.25, 0.3) is 11.7 Å². The van der Waals surface area contributed by atoms with Gasteiger partial charge in [-0.15, -0.1) is 0 Å². The highest BCUT2D eigenvalue weighted by Crippen LogP contribution is 2.39. The zero-order valence-corrected chi connectivity index (χ0v) is 14.8. The van der Waals surface area contributed by atoms with Gasteiger partial charge in [0.1, 0.15) is 5.76 Å². The molecule has 25 heavy (non-hydrogen) atoms. The Morgan fingerprint density at radius 3 is 2.36 bits per heavy atom. The number of likely N-dealkylation sites (N-methyl/N-ethyl adjacent to an activating group) is 1. The molecule has 0 bridgehead atoms. The second kappa shape index (κ2) is 6.20. The lowest BCUT2D eigenvalue weighted by Gasteiger charge is -2.23. The van der Waals surface area contributed by atoms with E-state index in [1.807, 2.05) is 44.2 Å². The summed E-state index contributed by atoms with van der Waals surface area (Å²) in [7, 11) is 1.78. The van der Waals surface area contributed by atoms with Gasteiger partial charge in [0, 0.05) is 19.3 Å². The Labute approximate surface area is 146 Å². The second-order valence-corrected chi connectivity index (χ2v) is 6.17. The molecule has 1 fully saturated rings. The highest BCUT2D eigenvalue weighted by Gasteiger charge is 2.45. The fourth-order valence-electron chi connectivity index (χ4n) is 3.44. The Morgan fingerprint density at radius 1 is 1.20 bits per heavy atom. The third-order valence-electron chi connectivity index (χ3n) is 4.74. The minimum atomic E-state index is -0.657. The molecule has 3 rings (SSSR count). The summed E-state index contributed by atoms with van der Waals surface area (Å²) in [5.41, 5.74) is 2.79. The van der Waals surface area contributed by atoms with Crippen LogP contribution in [0.25, 0.3) is 5.76 Å². The second-order valence-electron chi connectivity index (χ2n) is 6.17. The molecule has 0 aliphatic carbocycles. The molecule has 6 heteroatoms. The summed E-state index contributed by atoms with van der Waals surface area (Å²) in [4.78, 5) is 26.6. The lowest BCUT2D eigenvalue weighted by atomic mass is 9.95. The van der Waals surface area contributed by atoms with E-state index in [0.717, 1.165) is 11.3 Å². The van der Waals surface area contributed by atoms with E-state index in [2.05, 4.69) is 5.10 Å². The standard InChI is InChI=1S/C19H21N3O3/c1-5-22-16(13-9-7-6-8-10-13)15(18(24)19(22)25)17(23)14-11(2)20-21(4)12(14)3/h6-10,16,23H,5H2,1-4H3/b17-15+. The topological polar surface area (TPSA) is 75.4 Å². The number of nitrogens with zero attached hydrogens (tertiary/aromatic N) is 3. The summed E-state index contributed by atoms with van der Waals surface area (Å²) in [6.07, 6.45) is 0. The van der Waals surface area contributed by atoms with Crippen LogP contribution in [0, 0.1) is 13.8 Å². The van der Waals surface area contributed by atoms with Crippen LogP contribution in [0.1, 0.15) is 35.5 Å². The number of carbonyl (C=O) groups excluding carboxylic acids is 2. The molecule has 1 unspecified atom stereocenters. The average Bonchev–Trinajstić information content (AvgIpc) is 3.01. The number of Topliss-reactive ketones (excluding diaryl/α,β-unsaturated/α-hetero) is 1. The number of aryl methyl sites for hydroxylation is 2. The lowest BCUT2D eigenvalue weighted by Crippen LogP contribution is -2.29. The molecule has 1 amide bonds. The van der Waals surface area contributed by atoms with Crippen LogP contribution in [-0.4, -0.2) is 38.0 Å². The number of hydrogen-bond acceptors (Lipinski definition) is 4. The maximum Gasteiger partial charge on any atom is 0.295 e. The van der Waals surface area contributed by atoms with Gasteiger partial charge >= 0.3 is 0 Å². The monoisotopic (exact) mass is 339 g/mol. The number of ketones is 1. The predicted octanol–water partition coefficient (Wildman–Crippen LogP) is 2.48. The molecule has 6 nitrogen and oxygen atoms in total. The zero-order chi connectivity index (χ0) is 18.3. The maximum atomic E-state index is 12.7. The van der Waals surface area contributed by atoms with Crippen molar-refractivity contribution in [2.45, 2.75) is 26.8 Å². The van der Waals surface area contributed by atoms with Crippen LogP contribution in [-0.2, 0) is 16.6 Å². The molecule has 0 saturated carbocycles. The number of amides is 1. The third kappa shape index (κ3) is 2.54. The Balaban J connectivity index is 2.27. The van der Waals surface area contributed by atoms with Crippen molar-refractivity contribution in [1.29, 1.82) is 0 Å². The quantitative estimate of drug-likeness (QED) is 0.529. The summed E-state index contributed by atoms with van der Waals surface area (Å²) in [6, 6.07) is 8.70. The summed E-state index contributed by atoms with van der Waals surface area (Å²) >= 11 is 0. The van der Waals surface area contributed by atoms with Gasteiger partial charge in [0.15, 0.2) is 0 Å². The Kier molecular flexibility index (Phi) is 4.20. The van der Waals surface area contributed by atoms with Crippen LogP contribution in [0.5, 0.6) is 0 Å². The van der Waals surface area contributed by atoms with E-state index < -0.39 is 17.7 Å². The maximum absolute atomic E-state index is 12.7. The van der Waals surface area contributed by atoms with Gasteiger partial charge in [-0.05, 0) is 26.3 Å². The molecule has 1 aromatic carbocycles. The van der Waals surface area contributed by atoms with Crippen molar-refractivity contribution in [1.82, 2.24) is 14.7 Å². The van der Waals surface area contributed by atoms with Crippen LogP contribution in [0.2, 0.25) is 0 Å². The number of carbonyl (C=O) groups is 2. The van der Waals surface area contributed by atoms with Crippen LogP contribution in [0.15, 0.2) is 35.9 Å². The van der Waals surface area contributed by atoms with Crippen LogP contribution < -0.4 is 0 Å². The molecule has 2 aromatic rings. The van der Waals surface area contributed by atoms with Crippen molar-refractivity contribution >= 4 is 17.4 Å². The van der Waals surface area contributed by atoms with E-state index in [-0.39, 0.29) is 11.3 Å². The molecular weight excluding hydrogens is 318 g/mol. The first kappa shape index (κ1) is 17.0. The molecule has 130 valence electrons. The SMILES string of the molecule is CCN1C(=O)C(=O)/C(=C(/O)c2c(C)nn(C)c2C)C1c1ccccc1. The van der Waals surface area contributed by atoms with Crippen molar-refractivity contribution in [2.75, 3.05) is 6.54 Å². The summed E-state index contributed by atoms with van der Waals surface area (Å²) in [6.45, 7) is 5.80. The Bertz CT molecular complexity index is 881. The van der Waals surface area contributed by atoms with Gasteiger partial charge in [-0.1, -0.05) is 30.3 Å². The first-order valence-electron chi connectivity index (χ1n) is 8.22. The number of benzene rings is 1. The minimum Gasteiger partial charge on any atom is -0.507 e. The van der Waals surface area contributed by atoms with Gasteiger partial charge in [-0.2, -0.15) is 5.10 Å². The Morgan fingerprint density at radius 2 is 1.84 bits per heavy atom. The molecule has 1 aliphatic heterocycles. The number of aliphatic hydroxyl groups is 1. The van der Waals surface area contributed by atoms with Crippen molar-refractivity contribution in [3.05, 3.63) is 58.4 Å². The number of aliphatic hydroxyl groups excluding tert-OH is 1.